The highest BCUT2D eigenvalue weighted by atomic mass is 16.5. The third kappa shape index (κ3) is 4.08. The molecule has 0 aliphatic carbocycles. The molecule has 11 heteroatoms. The number of nitrogens with one attached hydrogen (secondary N) is 2. The molecule has 1 aliphatic rings. The van der Waals surface area contributed by atoms with Crippen LogP contribution in [0.15, 0.2) is 41.9 Å². The lowest BCUT2D eigenvalue weighted by Crippen LogP contribution is -2.45. The summed E-state index contributed by atoms with van der Waals surface area (Å²) in [7, 11) is 0. The van der Waals surface area contributed by atoms with Crippen molar-refractivity contribution in [1.29, 1.82) is 0 Å². The third-order valence-corrected chi connectivity index (χ3v) is 3.64. The van der Waals surface area contributed by atoms with Crippen LogP contribution in [-0.4, -0.2) is 57.9 Å². The Morgan fingerprint density at radius 1 is 1.22 bits per heavy atom. The Labute approximate surface area is 153 Å². The van der Waals surface area contributed by atoms with Gasteiger partial charge in [-0.25, -0.2) is 14.4 Å². The highest BCUT2D eigenvalue weighted by Crippen LogP contribution is 2.15. The van der Waals surface area contributed by atoms with Crippen molar-refractivity contribution in [2.45, 2.75) is 6.92 Å². The first-order chi connectivity index (χ1) is 13.1. The normalized spacial score (nSPS) is 13.6. The van der Waals surface area contributed by atoms with E-state index in [0.717, 1.165) is 0 Å². The summed E-state index contributed by atoms with van der Waals surface area (Å²) in [5.74, 6) is -1.25. The Bertz CT molecular complexity index is 892. The first kappa shape index (κ1) is 18.0. The molecule has 0 spiro atoms. The van der Waals surface area contributed by atoms with E-state index in [2.05, 4.69) is 26.2 Å². The van der Waals surface area contributed by atoms with Crippen LogP contribution in [0.2, 0.25) is 0 Å². The van der Waals surface area contributed by atoms with Crippen LogP contribution in [0.3, 0.4) is 0 Å². The van der Waals surface area contributed by atoms with E-state index in [4.69, 9.17) is 9.47 Å². The lowest BCUT2D eigenvalue weighted by Gasteiger charge is -2.21. The smallest absolute Gasteiger partial charge is 0.340 e. The zero-order valence-corrected chi connectivity index (χ0v) is 14.3. The number of carbonyl (C=O) groups excluding carboxylic acids is 3. The number of hydrogen-bond donors (Lipinski definition) is 2. The summed E-state index contributed by atoms with van der Waals surface area (Å²) in [4.78, 5) is 36.1. The van der Waals surface area contributed by atoms with E-state index in [1.54, 1.807) is 31.2 Å². The van der Waals surface area contributed by atoms with E-state index in [1.807, 2.05) is 0 Å². The molecule has 1 aromatic carbocycles. The molecule has 27 heavy (non-hydrogen) atoms. The number of amides is 2. The predicted octanol–water partition coefficient (Wildman–Crippen LogP) is -0.0509. The van der Waals surface area contributed by atoms with Gasteiger partial charge in [0, 0.05) is 0 Å². The summed E-state index contributed by atoms with van der Waals surface area (Å²) in [5, 5.41) is 15.8. The first-order valence-electron chi connectivity index (χ1n) is 8.03. The molecule has 0 radical (unpaired) electrons. The fraction of sp³-hybridized carbons (Fsp3) is 0.250. The zero-order chi connectivity index (χ0) is 19.2. The topological polar surface area (TPSA) is 137 Å². The van der Waals surface area contributed by atoms with Gasteiger partial charge in [0.25, 0.3) is 0 Å². The molecule has 2 N–H and O–H groups in total. The van der Waals surface area contributed by atoms with Crippen LogP contribution in [0.4, 0.5) is 4.79 Å². The fourth-order valence-electron chi connectivity index (χ4n) is 2.40. The summed E-state index contributed by atoms with van der Waals surface area (Å²) in [6.07, 6.45) is 1.35. The fourth-order valence-corrected chi connectivity index (χ4v) is 2.40. The molecule has 0 atom stereocenters. The molecular weight excluding hydrogens is 356 g/mol. The number of rotatable bonds is 6. The Hall–Kier alpha value is -3.76. The minimum Gasteiger partial charge on any atom is -0.463 e. The molecule has 2 amide bonds. The molecule has 0 bridgehead atoms. The van der Waals surface area contributed by atoms with Gasteiger partial charge in [0.2, 0.25) is 0 Å². The minimum atomic E-state index is -0.662. The maximum atomic E-state index is 12.5. The van der Waals surface area contributed by atoms with Crippen molar-refractivity contribution in [2.24, 2.45) is 0 Å². The number of urea groups is 1. The molecule has 140 valence electrons. The van der Waals surface area contributed by atoms with Crippen LogP contribution in [0, 0.1) is 0 Å². The van der Waals surface area contributed by atoms with E-state index < -0.39 is 18.0 Å². The molecule has 0 saturated carbocycles. The monoisotopic (exact) mass is 372 g/mol. The Kier molecular flexibility index (Phi) is 5.40. The number of ether oxygens (including phenoxy) is 2. The molecule has 1 aromatic heterocycles. The van der Waals surface area contributed by atoms with Crippen LogP contribution in [0.25, 0.3) is 5.69 Å². The standard InChI is InChI=1S/C16H16N6O5/c1-2-26-15(24)11-7-17-16(25)19-12(11)8-27-14(23)10-5-3-4-6-13(10)22-9-18-20-21-22/h3-6,9H,2,7-8H2,1H3,(H2,17,19,25). The second-order valence-corrected chi connectivity index (χ2v) is 5.33. The number of aromatic nitrogens is 4. The van der Waals surface area contributed by atoms with Crippen LogP contribution < -0.4 is 10.6 Å². The molecule has 2 aromatic rings. The Balaban J connectivity index is 1.78. The molecule has 1 aliphatic heterocycles. The quantitative estimate of drug-likeness (QED) is 0.673. The highest BCUT2D eigenvalue weighted by Gasteiger charge is 2.25. The molecule has 0 unspecified atom stereocenters. The molecular formula is C16H16N6O5. The van der Waals surface area contributed by atoms with Crippen molar-refractivity contribution in [3.8, 4) is 5.69 Å². The van der Waals surface area contributed by atoms with E-state index >= 15 is 0 Å². The van der Waals surface area contributed by atoms with Gasteiger partial charge in [-0.05, 0) is 29.5 Å². The lowest BCUT2D eigenvalue weighted by atomic mass is 10.1. The Morgan fingerprint density at radius 2 is 2.04 bits per heavy atom. The number of tetrazole rings is 1. The van der Waals surface area contributed by atoms with Gasteiger partial charge in [-0.2, -0.15) is 4.68 Å². The number of esters is 2. The molecule has 3 rings (SSSR count). The van der Waals surface area contributed by atoms with E-state index in [0.29, 0.717) is 5.69 Å². The van der Waals surface area contributed by atoms with Gasteiger partial charge in [-0.1, -0.05) is 12.1 Å². The average Bonchev–Trinajstić information content (AvgIpc) is 3.21. The van der Waals surface area contributed by atoms with Crippen LogP contribution in [0.1, 0.15) is 17.3 Å². The summed E-state index contributed by atoms with van der Waals surface area (Å²) >= 11 is 0. The van der Waals surface area contributed by atoms with Crippen molar-refractivity contribution in [2.75, 3.05) is 19.8 Å². The van der Waals surface area contributed by atoms with Crippen LogP contribution in [0.5, 0.6) is 0 Å². The van der Waals surface area contributed by atoms with E-state index in [1.165, 1.54) is 11.0 Å². The first-order valence-corrected chi connectivity index (χ1v) is 8.03. The molecule has 2 heterocycles. The lowest BCUT2D eigenvalue weighted by molar-refractivity contribution is -0.138. The van der Waals surface area contributed by atoms with Gasteiger partial charge in [-0.15, -0.1) is 5.10 Å². The van der Waals surface area contributed by atoms with Gasteiger partial charge in [0.05, 0.1) is 35.7 Å². The number of carbonyl (C=O) groups is 3. The molecule has 0 fully saturated rings. The molecule has 11 nitrogen and oxygen atoms in total. The maximum absolute atomic E-state index is 12.5. The minimum absolute atomic E-state index is 0.0151. The molecule has 0 saturated heterocycles. The van der Waals surface area contributed by atoms with Crippen molar-refractivity contribution >= 4 is 18.0 Å². The number of nitrogens with zero attached hydrogens (tertiary/aromatic N) is 4. The third-order valence-electron chi connectivity index (χ3n) is 3.64. The Morgan fingerprint density at radius 3 is 2.78 bits per heavy atom. The predicted molar refractivity (Wildman–Crippen MR) is 89.6 cm³/mol. The SMILES string of the molecule is CCOC(=O)C1=C(COC(=O)c2ccccc2-n2cnnn2)NC(=O)NC1. The highest BCUT2D eigenvalue weighted by molar-refractivity contribution is 5.95. The number of benzene rings is 1. The second kappa shape index (κ2) is 8.08. The van der Waals surface area contributed by atoms with Gasteiger partial charge in [-0.3, -0.25) is 0 Å². The maximum Gasteiger partial charge on any atom is 0.340 e. The van der Waals surface area contributed by atoms with E-state index in [-0.39, 0.29) is 36.6 Å². The second-order valence-electron chi connectivity index (χ2n) is 5.33. The van der Waals surface area contributed by atoms with Gasteiger partial charge in [0.1, 0.15) is 12.9 Å². The average molecular weight is 372 g/mol. The summed E-state index contributed by atoms with van der Waals surface area (Å²) in [6.45, 7) is 1.54. The number of hydrogen-bond acceptors (Lipinski definition) is 8. The van der Waals surface area contributed by atoms with Crippen molar-refractivity contribution < 1.29 is 23.9 Å². The zero-order valence-electron chi connectivity index (χ0n) is 14.3. The van der Waals surface area contributed by atoms with Crippen LogP contribution >= 0.6 is 0 Å². The van der Waals surface area contributed by atoms with E-state index in [9.17, 15) is 14.4 Å². The summed E-state index contributed by atoms with van der Waals surface area (Å²) in [6, 6.07) is 6.11. The van der Waals surface area contributed by atoms with Crippen LogP contribution in [-0.2, 0) is 14.3 Å². The largest absolute Gasteiger partial charge is 0.463 e. The van der Waals surface area contributed by atoms with Crippen molar-refractivity contribution in [3.05, 3.63) is 47.4 Å². The van der Waals surface area contributed by atoms with Gasteiger partial charge < -0.3 is 20.1 Å². The van der Waals surface area contributed by atoms with Gasteiger partial charge >= 0.3 is 18.0 Å². The summed E-state index contributed by atoms with van der Waals surface area (Å²) < 4.78 is 11.6. The van der Waals surface area contributed by atoms with Crippen molar-refractivity contribution in [1.82, 2.24) is 30.8 Å². The van der Waals surface area contributed by atoms with Crippen molar-refractivity contribution in [3.63, 3.8) is 0 Å². The summed E-state index contributed by atoms with van der Waals surface area (Å²) in [5.41, 5.74) is 1.02. The number of para-hydroxylation sites is 1. The van der Waals surface area contributed by atoms with Gasteiger partial charge in [0.15, 0.2) is 0 Å².